The van der Waals surface area contributed by atoms with Crippen LogP contribution in [0.1, 0.15) is 12.0 Å². The highest BCUT2D eigenvalue weighted by Crippen LogP contribution is 2.20. The molecule has 14 heavy (non-hydrogen) atoms. The summed E-state index contributed by atoms with van der Waals surface area (Å²) in [6, 6.07) is 0.203. The van der Waals surface area contributed by atoms with Gasteiger partial charge in [-0.05, 0) is 18.6 Å². The summed E-state index contributed by atoms with van der Waals surface area (Å²) in [5.41, 5.74) is -0.545. The Balaban J connectivity index is 3.11. The van der Waals surface area contributed by atoms with Gasteiger partial charge in [-0.25, -0.2) is 17.6 Å². The molecule has 0 nitrogen and oxygen atoms in total. The van der Waals surface area contributed by atoms with Crippen molar-refractivity contribution in [2.45, 2.75) is 12.8 Å². The molecule has 0 saturated carbocycles. The summed E-state index contributed by atoms with van der Waals surface area (Å²) in [5.74, 6) is -4.95. The minimum Gasteiger partial charge on any atom is -0.204 e. The van der Waals surface area contributed by atoms with Gasteiger partial charge in [0.25, 0.3) is 0 Å². The minimum atomic E-state index is -1.36. The van der Waals surface area contributed by atoms with Gasteiger partial charge in [-0.2, -0.15) is 12.6 Å². The molecular formula is C9H8F4S. The van der Waals surface area contributed by atoms with Crippen molar-refractivity contribution in [1.82, 2.24) is 0 Å². The van der Waals surface area contributed by atoms with E-state index in [9.17, 15) is 17.6 Å². The van der Waals surface area contributed by atoms with Crippen molar-refractivity contribution < 1.29 is 17.6 Å². The summed E-state index contributed by atoms with van der Waals surface area (Å²) in [6.07, 6.45) is 0.301. The van der Waals surface area contributed by atoms with Gasteiger partial charge in [0, 0.05) is 11.6 Å². The molecule has 5 heteroatoms. The Hall–Kier alpha value is -0.710. The van der Waals surface area contributed by atoms with Crippen LogP contribution in [-0.4, -0.2) is 5.75 Å². The van der Waals surface area contributed by atoms with E-state index < -0.39 is 28.8 Å². The van der Waals surface area contributed by atoms with Crippen LogP contribution in [0, 0.1) is 23.3 Å². The van der Waals surface area contributed by atoms with Crippen molar-refractivity contribution in [3.8, 4) is 0 Å². The highest BCUT2D eigenvalue weighted by Gasteiger charge is 2.17. The Labute approximate surface area is 84.3 Å². The van der Waals surface area contributed by atoms with Crippen LogP contribution in [0.3, 0.4) is 0 Å². The number of hydrogen-bond donors (Lipinski definition) is 1. The van der Waals surface area contributed by atoms with Crippen molar-refractivity contribution in [2.75, 3.05) is 5.75 Å². The molecule has 1 aromatic carbocycles. The number of halogens is 4. The predicted octanol–water partition coefficient (Wildman–Crippen LogP) is 3.11. The molecule has 0 radical (unpaired) electrons. The molecule has 0 heterocycles. The molecular weight excluding hydrogens is 216 g/mol. The standard InChI is InChI=1S/C9H8F4S/c10-6-4-7(11)9(13)5(8(6)12)2-1-3-14/h4,14H,1-3H2. The monoisotopic (exact) mass is 224 g/mol. The third kappa shape index (κ3) is 2.20. The highest BCUT2D eigenvalue weighted by atomic mass is 32.1. The lowest BCUT2D eigenvalue weighted by Gasteiger charge is -2.05. The molecule has 1 aromatic rings. The fraction of sp³-hybridized carbons (Fsp3) is 0.333. The second-order valence-electron chi connectivity index (χ2n) is 2.77. The molecule has 1 rings (SSSR count). The smallest absolute Gasteiger partial charge is 0.165 e. The van der Waals surface area contributed by atoms with E-state index in [2.05, 4.69) is 12.6 Å². The molecule has 0 N–H and O–H groups in total. The third-order valence-electron chi connectivity index (χ3n) is 1.79. The van der Waals surface area contributed by atoms with E-state index in [4.69, 9.17) is 0 Å². The van der Waals surface area contributed by atoms with Gasteiger partial charge in [-0.1, -0.05) is 0 Å². The van der Waals surface area contributed by atoms with Crippen LogP contribution < -0.4 is 0 Å². The first-order valence-corrected chi connectivity index (χ1v) is 4.64. The van der Waals surface area contributed by atoms with Gasteiger partial charge in [0.2, 0.25) is 0 Å². The zero-order chi connectivity index (χ0) is 10.7. The number of hydrogen-bond acceptors (Lipinski definition) is 1. The van der Waals surface area contributed by atoms with Crippen molar-refractivity contribution in [2.24, 2.45) is 0 Å². The summed E-state index contributed by atoms with van der Waals surface area (Å²) in [6.45, 7) is 0. The summed E-state index contributed by atoms with van der Waals surface area (Å²) in [4.78, 5) is 0. The van der Waals surface area contributed by atoms with Crippen LogP contribution in [0.4, 0.5) is 17.6 Å². The van der Waals surface area contributed by atoms with Crippen LogP contribution in [0.25, 0.3) is 0 Å². The molecule has 0 amide bonds. The van der Waals surface area contributed by atoms with E-state index in [0.29, 0.717) is 12.2 Å². The van der Waals surface area contributed by atoms with Crippen LogP contribution >= 0.6 is 12.6 Å². The molecule has 78 valence electrons. The molecule has 0 atom stereocenters. The number of thiol groups is 1. The van der Waals surface area contributed by atoms with Gasteiger partial charge >= 0.3 is 0 Å². The lowest BCUT2D eigenvalue weighted by atomic mass is 10.1. The van der Waals surface area contributed by atoms with E-state index in [0.717, 1.165) is 0 Å². The minimum absolute atomic E-state index is 0.0597. The predicted molar refractivity (Wildman–Crippen MR) is 48.4 cm³/mol. The van der Waals surface area contributed by atoms with Crippen molar-refractivity contribution in [3.63, 3.8) is 0 Å². The molecule has 0 aliphatic heterocycles. The maximum atomic E-state index is 13.0. The number of benzene rings is 1. The van der Waals surface area contributed by atoms with Gasteiger partial charge in [-0.3, -0.25) is 0 Å². The number of rotatable bonds is 3. The van der Waals surface area contributed by atoms with E-state index in [1.165, 1.54) is 0 Å². The molecule has 0 aromatic heterocycles. The van der Waals surface area contributed by atoms with Crippen molar-refractivity contribution in [1.29, 1.82) is 0 Å². The summed E-state index contributed by atoms with van der Waals surface area (Å²) in [5, 5.41) is 0. The largest absolute Gasteiger partial charge is 0.204 e. The fourth-order valence-electron chi connectivity index (χ4n) is 1.10. The third-order valence-corrected chi connectivity index (χ3v) is 2.10. The zero-order valence-electron chi connectivity index (χ0n) is 7.16. The molecule has 0 saturated heterocycles. The lowest BCUT2D eigenvalue weighted by molar-refractivity contribution is 0.438. The van der Waals surface area contributed by atoms with Crippen LogP contribution in [0.5, 0.6) is 0 Å². The first-order valence-electron chi connectivity index (χ1n) is 4.00. The summed E-state index contributed by atoms with van der Waals surface area (Å²) >= 11 is 3.84. The van der Waals surface area contributed by atoms with Crippen LogP contribution in [0.2, 0.25) is 0 Å². The second kappa shape index (κ2) is 4.68. The Morgan fingerprint density at radius 3 is 1.93 bits per heavy atom. The van der Waals surface area contributed by atoms with E-state index in [1.807, 2.05) is 0 Å². The average Bonchev–Trinajstić information content (AvgIpc) is 2.15. The van der Waals surface area contributed by atoms with Gasteiger partial charge < -0.3 is 0 Å². The van der Waals surface area contributed by atoms with E-state index in [1.54, 1.807) is 0 Å². The average molecular weight is 224 g/mol. The second-order valence-corrected chi connectivity index (χ2v) is 3.22. The molecule has 0 bridgehead atoms. The molecule has 0 aliphatic rings. The molecule has 0 unspecified atom stereocenters. The first kappa shape index (κ1) is 11.4. The fourth-order valence-corrected chi connectivity index (χ4v) is 1.26. The van der Waals surface area contributed by atoms with Gasteiger partial charge in [0.15, 0.2) is 23.3 Å². The Morgan fingerprint density at radius 2 is 1.50 bits per heavy atom. The first-order chi connectivity index (χ1) is 6.57. The maximum Gasteiger partial charge on any atom is 0.165 e. The molecule has 0 aliphatic carbocycles. The zero-order valence-corrected chi connectivity index (χ0v) is 8.05. The van der Waals surface area contributed by atoms with Crippen molar-refractivity contribution in [3.05, 3.63) is 34.9 Å². The van der Waals surface area contributed by atoms with Gasteiger partial charge in [-0.15, -0.1) is 0 Å². The lowest BCUT2D eigenvalue weighted by Crippen LogP contribution is -2.03. The summed E-state index contributed by atoms with van der Waals surface area (Å²) < 4.78 is 51.2. The van der Waals surface area contributed by atoms with E-state index >= 15 is 0 Å². The summed E-state index contributed by atoms with van der Waals surface area (Å²) in [7, 11) is 0. The Morgan fingerprint density at radius 1 is 1.00 bits per heavy atom. The van der Waals surface area contributed by atoms with Crippen molar-refractivity contribution >= 4 is 12.6 Å². The van der Waals surface area contributed by atoms with Gasteiger partial charge in [0.05, 0.1) is 0 Å². The molecule has 0 fully saturated rings. The van der Waals surface area contributed by atoms with Crippen LogP contribution in [0.15, 0.2) is 6.07 Å². The topological polar surface area (TPSA) is 0 Å². The highest BCUT2D eigenvalue weighted by molar-refractivity contribution is 7.80. The Kier molecular flexibility index (Phi) is 3.80. The van der Waals surface area contributed by atoms with Gasteiger partial charge in [0.1, 0.15) is 0 Å². The SMILES string of the molecule is Fc1cc(F)c(F)c(CCCS)c1F. The van der Waals surface area contributed by atoms with Crippen LogP contribution in [-0.2, 0) is 6.42 Å². The molecule has 0 spiro atoms. The van der Waals surface area contributed by atoms with E-state index in [-0.39, 0.29) is 12.5 Å². The normalized spacial score (nSPS) is 10.6. The Bertz CT molecular complexity index is 312. The maximum absolute atomic E-state index is 13.0. The quantitative estimate of drug-likeness (QED) is 0.455.